The van der Waals surface area contributed by atoms with Crippen LogP contribution in [0, 0.1) is 13.8 Å². The zero-order valence-electron chi connectivity index (χ0n) is 17.4. The van der Waals surface area contributed by atoms with Crippen LogP contribution >= 0.6 is 39.1 Å². The molecule has 0 bridgehead atoms. The number of carbonyl (C=O) groups excluding carboxylic acids is 1. The molecular weight excluding hydrogens is 513 g/mol. The number of rotatable bonds is 6. The molecule has 32 heavy (non-hydrogen) atoms. The van der Waals surface area contributed by atoms with Crippen LogP contribution in [0.1, 0.15) is 32.9 Å². The fourth-order valence-electron chi connectivity index (χ4n) is 3.47. The number of hydrogen-bond acceptors (Lipinski definition) is 3. The Kier molecular flexibility index (Phi) is 6.69. The van der Waals surface area contributed by atoms with Crippen molar-refractivity contribution in [3.05, 3.63) is 97.5 Å². The van der Waals surface area contributed by atoms with E-state index in [1.54, 1.807) is 39.8 Å². The molecule has 0 saturated heterocycles. The second-order valence-electron chi connectivity index (χ2n) is 7.41. The summed E-state index contributed by atoms with van der Waals surface area (Å²) < 4.78 is 4.51. The number of carbonyl (C=O) groups is 1. The molecule has 0 aliphatic carbocycles. The maximum atomic E-state index is 13.0. The van der Waals surface area contributed by atoms with E-state index in [1.165, 1.54) is 0 Å². The first-order chi connectivity index (χ1) is 15.3. The number of halogens is 3. The van der Waals surface area contributed by atoms with Crippen LogP contribution in [0.5, 0.6) is 0 Å². The Labute approximate surface area is 204 Å². The van der Waals surface area contributed by atoms with Crippen molar-refractivity contribution in [3.8, 4) is 0 Å². The van der Waals surface area contributed by atoms with Crippen LogP contribution in [-0.4, -0.2) is 25.5 Å². The molecule has 6 nitrogen and oxygen atoms in total. The van der Waals surface area contributed by atoms with Gasteiger partial charge in [0.1, 0.15) is 0 Å². The average Bonchev–Trinajstić information content (AvgIpc) is 3.28. The van der Waals surface area contributed by atoms with Crippen LogP contribution in [0.3, 0.4) is 0 Å². The summed E-state index contributed by atoms with van der Waals surface area (Å²) in [6.07, 6.45) is 3.62. The molecule has 0 spiro atoms. The predicted molar refractivity (Wildman–Crippen MR) is 131 cm³/mol. The molecule has 0 radical (unpaired) electrons. The van der Waals surface area contributed by atoms with Gasteiger partial charge in [0.05, 0.1) is 40.8 Å². The molecule has 0 saturated carbocycles. The Balaban J connectivity index is 1.53. The van der Waals surface area contributed by atoms with Crippen molar-refractivity contribution in [1.82, 2.24) is 19.6 Å². The van der Waals surface area contributed by atoms with Gasteiger partial charge in [-0.15, -0.1) is 0 Å². The highest BCUT2D eigenvalue weighted by Gasteiger charge is 2.17. The third kappa shape index (κ3) is 4.90. The van der Waals surface area contributed by atoms with Crippen LogP contribution in [-0.2, 0) is 13.1 Å². The Morgan fingerprint density at radius 3 is 2.50 bits per heavy atom. The molecule has 1 N–H and O–H groups in total. The first-order valence-electron chi connectivity index (χ1n) is 9.87. The van der Waals surface area contributed by atoms with Crippen molar-refractivity contribution < 1.29 is 4.79 Å². The highest BCUT2D eigenvalue weighted by Crippen LogP contribution is 2.27. The van der Waals surface area contributed by atoms with E-state index in [0.29, 0.717) is 34.4 Å². The van der Waals surface area contributed by atoms with Gasteiger partial charge in [-0.05, 0) is 59.6 Å². The number of benzene rings is 2. The molecule has 0 atom stereocenters. The normalized spacial score (nSPS) is 11.0. The van der Waals surface area contributed by atoms with Gasteiger partial charge in [0.2, 0.25) is 0 Å². The lowest BCUT2D eigenvalue weighted by molar-refractivity contribution is 0.102. The molecule has 2 aromatic carbocycles. The first-order valence-corrected chi connectivity index (χ1v) is 11.4. The average molecular weight is 533 g/mol. The number of hydrogen-bond donors (Lipinski definition) is 1. The van der Waals surface area contributed by atoms with Gasteiger partial charge in [0.15, 0.2) is 0 Å². The maximum absolute atomic E-state index is 13.0. The molecule has 9 heteroatoms. The SMILES string of the molecule is Cc1nn(Cc2c(Cl)cccc2Cl)c(C)c1NC(=O)c1cccc(Cn2cc(Br)cn2)c1. The lowest BCUT2D eigenvalue weighted by Crippen LogP contribution is -2.14. The largest absolute Gasteiger partial charge is 0.319 e. The lowest BCUT2D eigenvalue weighted by Gasteiger charge is -2.10. The van der Waals surface area contributed by atoms with Crippen LogP contribution in [0.25, 0.3) is 0 Å². The van der Waals surface area contributed by atoms with Crippen LogP contribution in [0.4, 0.5) is 5.69 Å². The Morgan fingerprint density at radius 1 is 1.09 bits per heavy atom. The fourth-order valence-corrected chi connectivity index (χ4v) is 4.32. The molecule has 164 valence electrons. The third-order valence-corrected chi connectivity index (χ3v) is 6.24. The number of aryl methyl sites for hydroxylation is 1. The molecule has 1 amide bonds. The minimum atomic E-state index is -0.199. The molecule has 0 aliphatic rings. The van der Waals surface area contributed by atoms with E-state index in [2.05, 4.69) is 31.4 Å². The summed E-state index contributed by atoms with van der Waals surface area (Å²) in [6, 6.07) is 12.9. The second-order valence-corrected chi connectivity index (χ2v) is 9.14. The highest BCUT2D eigenvalue weighted by molar-refractivity contribution is 9.10. The maximum Gasteiger partial charge on any atom is 0.255 e. The Morgan fingerprint density at radius 2 is 1.81 bits per heavy atom. The minimum Gasteiger partial charge on any atom is -0.319 e. The standard InChI is InChI=1S/C23H20BrCl2N5O/c1-14-22(15(2)31(29-14)13-19-20(25)7-4-8-21(19)26)28-23(32)17-6-3-5-16(9-17)11-30-12-18(24)10-27-30/h3-10,12H,11,13H2,1-2H3,(H,28,32). The number of anilines is 1. The van der Waals surface area contributed by atoms with E-state index in [0.717, 1.165) is 27.0 Å². The van der Waals surface area contributed by atoms with Crippen LogP contribution in [0.15, 0.2) is 59.3 Å². The van der Waals surface area contributed by atoms with Gasteiger partial charge < -0.3 is 5.32 Å². The van der Waals surface area contributed by atoms with Crippen LogP contribution in [0.2, 0.25) is 10.0 Å². The summed E-state index contributed by atoms with van der Waals surface area (Å²) in [6.45, 7) is 4.75. The van der Waals surface area contributed by atoms with Gasteiger partial charge in [-0.25, -0.2) is 0 Å². The van der Waals surface area contributed by atoms with Gasteiger partial charge in [0.25, 0.3) is 5.91 Å². The van der Waals surface area contributed by atoms with Crippen molar-refractivity contribution >= 4 is 50.7 Å². The molecule has 0 aliphatic heterocycles. The predicted octanol–water partition coefficient (Wildman–Crippen LogP) is 6.11. The van der Waals surface area contributed by atoms with Crippen molar-refractivity contribution in [1.29, 1.82) is 0 Å². The summed E-state index contributed by atoms with van der Waals surface area (Å²) >= 11 is 16.0. The van der Waals surface area contributed by atoms with E-state index in [4.69, 9.17) is 23.2 Å². The van der Waals surface area contributed by atoms with Crippen molar-refractivity contribution in [3.63, 3.8) is 0 Å². The molecule has 2 aromatic heterocycles. The van der Waals surface area contributed by atoms with Crippen molar-refractivity contribution in [2.24, 2.45) is 0 Å². The van der Waals surface area contributed by atoms with E-state index < -0.39 is 0 Å². The molecule has 4 aromatic rings. The second kappa shape index (κ2) is 9.48. The van der Waals surface area contributed by atoms with Crippen molar-refractivity contribution in [2.75, 3.05) is 5.32 Å². The summed E-state index contributed by atoms with van der Waals surface area (Å²) in [5, 5.41) is 13.0. The van der Waals surface area contributed by atoms with Crippen molar-refractivity contribution in [2.45, 2.75) is 26.9 Å². The van der Waals surface area contributed by atoms with Gasteiger partial charge in [0, 0.05) is 27.4 Å². The summed E-state index contributed by atoms with van der Waals surface area (Å²) in [5.74, 6) is -0.199. The molecule has 4 rings (SSSR count). The zero-order valence-corrected chi connectivity index (χ0v) is 20.5. The molecule has 0 unspecified atom stereocenters. The molecular formula is C23H20BrCl2N5O. The summed E-state index contributed by atoms with van der Waals surface area (Å²) in [5.41, 5.74) is 4.55. The van der Waals surface area contributed by atoms with Gasteiger partial charge in [-0.1, -0.05) is 41.4 Å². The third-order valence-electron chi connectivity index (χ3n) is 5.13. The van der Waals surface area contributed by atoms with E-state index >= 15 is 0 Å². The fraction of sp³-hybridized carbons (Fsp3) is 0.174. The van der Waals surface area contributed by atoms with Gasteiger partial charge >= 0.3 is 0 Å². The number of amides is 1. The monoisotopic (exact) mass is 531 g/mol. The Bertz CT molecular complexity index is 1280. The minimum absolute atomic E-state index is 0.199. The smallest absolute Gasteiger partial charge is 0.255 e. The van der Waals surface area contributed by atoms with E-state index in [1.807, 2.05) is 38.2 Å². The lowest BCUT2D eigenvalue weighted by atomic mass is 10.1. The van der Waals surface area contributed by atoms with Gasteiger partial charge in [-0.2, -0.15) is 10.2 Å². The highest BCUT2D eigenvalue weighted by atomic mass is 79.9. The van der Waals surface area contributed by atoms with E-state index in [-0.39, 0.29) is 5.91 Å². The Hall–Kier alpha value is -2.61. The quantitative estimate of drug-likeness (QED) is 0.325. The topological polar surface area (TPSA) is 64.7 Å². The zero-order chi connectivity index (χ0) is 22.8. The number of nitrogens with zero attached hydrogens (tertiary/aromatic N) is 4. The molecule has 2 heterocycles. The summed E-state index contributed by atoms with van der Waals surface area (Å²) in [7, 11) is 0. The first kappa shape index (κ1) is 22.6. The van der Waals surface area contributed by atoms with E-state index in [9.17, 15) is 4.79 Å². The van der Waals surface area contributed by atoms with Gasteiger partial charge in [-0.3, -0.25) is 14.2 Å². The summed E-state index contributed by atoms with van der Waals surface area (Å²) in [4.78, 5) is 13.0. The number of aromatic nitrogens is 4. The number of nitrogens with one attached hydrogen (secondary N) is 1. The molecule has 0 fully saturated rings. The van der Waals surface area contributed by atoms with Crippen LogP contribution < -0.4 is 5.32 Å².